The molecule has 0 radical (unpaired) electrons. The topological polar surface area (TPSA) is 72.9 Å². The van der Waals surface area contributed by atoms with Gasteiger partial charge >= 0.3 is 7.60 Å². The van der Waals surface area contributed by atoms with Gasteiger partial charge in [0.05, 0.1) is 24.7 Å². The number of benzene rings is 2. The van der Waals surface area contributed by atoms with E-state index in [-0.39, 0.29) is 30.1 Å². The second-order valence-electron chi connectivity index (χ2n) is 6.29. The average Bonchev–Trinajstić information content (AvgIpc) is 2.69. The van der Waals surface area contributed by atoms with Crippen molar-refractivity contribution in [2.45, 2.75) is 39.1 Å². The molecule has 0 saturated heterocycles. The number of nitrogens with zero attached hydrogens (tertiary/aromatic N) is 1. The molecule has 6 nitrogen and oxygen atoms in total. The van der Waals surface area contributed by atoms with Gasteiger partial charge in [-0.15, -0.1) is 0 Å². The Bertz CT molecular complexity index is 962. The predicted molar refractivity (Wildman–Crippen MR) is 115 cm³/mol. The van der Waals surface area contributed by atoms with Crippen molar-refractivity contribution in [3.8, 4) is 0 Å². The van der Waals surface area contributed by atoms with Gasteiger partial charge in [-0.1, -0.05) is 54.1 Å². The van der Waals surface area contributed by atoms with Gasteiger partial charge in [0.1, 0.15) is 5.44 Å². The van der Waals surface area contributed by atoms with Crippen molar-refractivity contribution in [2.24, 2.45) is 0 Å². The van der Waals surface area contributed by atoms with Gasteiger partial charge in [0.25, 0.3) is 10.0 Å². The van der Waals surface area contributed by atoms with E-state index in [9.17, 15) is 13.0 Å². The second kappa shape index (κ2) is 10.2. The van der Waals surface area contributed by atoms with E-state index in [0.29, 0.717) is 0 Å². The highest BCUT2D eigenvalue weighted by atomic mass is 32.2. The summed E-state index contributed by atoms with van der Waals surface area (Å²) < 4.78 is 52.6. The number of rotatable bonds is 10. The van der Waals surface area contributed by atoms with Gasteiger partial charge < -0.3 is 9.05 Å². The lowest BCUT2D eigenvalue weighted by Gasteiger charge is -2.30. The monoisotopic (exact) mass is 437 g/mol. The van der Waals surface area contributed by atoms with Gasteiger partial charge in [-0.05, 0) is 45.4 Å². The van der Waals surface area contributed by atoms with Gasteiger partial charge in [-0.2, -0.15) is 0 Å². The van der Waals surface area contributed by atoms with Crippen molar-refractivity contribution >= 4 is 17.6 Å². The van der Waals surface area contributed by atoms with Gasteiger partial charge in [-0.3, -0.25) is 8.87 Å². The molecule has 0 heterocycles. The van der Waals surface area contributed by atoms with Crippen molar-refractivity contribution < 1.29 is 22.0 Å². The van der Waals surface area contributed by atoms with Crippen molar-refractivity contribution in [1.82, 2.24) is 4.31 Å². The van der Waals surface area contributed by atoms with E-state index in [4.69, 9.17) is 9.05 Å². The molecule has 0 atom stereocenters. The molecule has 0 spiro atoms. The Balaban J connectivity index is 2.62. The molecule has 8 heteroatoms. The van der Waals surface area contributed by atoms with E-state index < -0.39 is 17.6 Å². The fourth-order valence-electron chi connectivity index (χ4n) is 2.82. The summed E-state index contributed by atoms with van der Waals surface area (Å²) in [5.74, 6) is 0. The first-order valence-corrected chi connectivity index (χ1v) is 12.5. The van der Waals surface area contributed by atoms with Crippen LogP contribution in [0.2, 0.25) is 0 Å². The summed E-state index contributed by atoms with van der Waals surface area (Å²) in [5.41, 5.74) is 1.70. The van der Waals surface area contributed by atoms with Crippen LogP contribution >= 0.6 is 7.60 Å². The number of hydrogen-bond donors (Lipinski definition) is 0. The first kappa shape index (κ1) is 23.4. The number of sulfonamides is 1. The molecular formula is C21H28NO5PS. The molecule has 2 aromatic rings. The van der Waals surface area contributed by atoms with E-state index >= 15 is 0 Å². The molecule has 2 rings (SSSR count). The molecule has 0 fully saturated rings. The molecule has 0 saturated carbocycles. The van der Waals surface area contributed by atoms with E-state index in [2.05, 4.69) is 0 Å². The lowest BCUT2D eigenvalue weighted by atomic mass is 10.2. The van der Waals surface area contributed by atoms with E-state index in [1.807, 2.05) is 37.3 Å². The smallest absolute Gasteiger partial charge is 0.304 e. The molecule has 2 aromatic carbocycles. The van der Waals surface area contributed by atoms with Crippen LogP contribution in [0.3, 0.4) is 0 Å². The Morgan fingerprint density at radius 2 is 1.55 bits per heavy atom. The van der Waals surface area contributed by atoms with Crippen LogP contribution in [-0.2, 0) is 30.2 Å². The first-order chi connectivity index (χ1) is 13.8. The normalized spacial score (nSPS) is 12.8. The Hall–Kier alpha value is -1.92. The molecule has 0 unspecified atom stereocenters. The van der Waals surface area contributed by atoms with Gasteiger partial charge in [0.15, 0.2) is 0 Å². The maximum Gasteiger partial charge on any atom is 0.377 e. The van der Waals surface area contributed by atoms with Gasteiger partial charge in [0, 0.05) is 0 Å². The summed E-state index contributed by atoms with van der Waals surface area (Å²) in [7, 11) is -7.86. The van der Waals surface area contributed by atoms with Crippen LogP contribution in [0.15, 0.2) is 71.0 Å². The zero-order valence-corrected chi connectivity index (χ0v) is 18.9. The number of allylic oxidation sites excluding steroid dienone is 1. The summed E-state index contributed by atoms with van der Waals surface area (Å²) in [5, 5.41) is 0. The zero-order valence-electron chi connectivity index (χ0n) is 17.2. The molecule has 29 heavy (non-hydrogen) atoms. The largest absolute Gasteiger partial charge is 0.377 e. The third kappa shape index (κ3) is 5.58. The third-order valence-corrected chi connectivity index (χ3v) is 8.34. The van der Waals surface area contributed by atoms with Crippen LogP contribution in [0.4, 0.5) is 0 Å². The van der Waals surface area contributed by atoms with Crippen LogP contribution in [0, 0.1) is 6.92 Å². The highest BCUT2D eigenvalue weighted by molar-refractivity contribution is 7.89. The van der Waals surface area contributed by atoms with Crippen molar-refractivity contribution in [3.05, 3.63) is 77.2 Å². The van der Waals surface area contributed by atoms with E-state index in [0.717, 1.165) is 15.4 Å². The molecule has 0 aliphatic rings. The van der Waals surface area contributed by atoms with E-state index in [1.54, 1.807) is 45.0 Å². The lowest BCUT2D eigenvalue weighted by Crippen LogP contribution is -2.31. The second-order valence-corrected chi connectivity index (χ2v) is 10.1. The Kier molecular flexibility index (Phi) is 8.23. The van der Waals surface area contributed by atoms with Gasteiger partial charge in [0.2, 0.25) is 0 Å². The maximum absolute atomic E-state index is 13.6. The molecule has 158 valence electrons. The van der Waals surface area contributed by atoms with Crippen LogP contribution in [0.5, 0.6) is 0 Å². The van der Waals surface area contributed by atoms with Gasteiger partial charge in [-0.25, -0.2) is 8.42 Å². The molecule has 0 N–H and O–H groups in total. The summed E-state index contributed by atoms with van der Waals surface area (Å²) in [6.45, 7) is 7.14. The minimum atomic E-state index is -4.01. The lowest BCUT2D eigenvalue weighted by molar-refractivity contribution is 0.220. The van der Waals surface area contributed by atoms with Crippen LogP contribution in [0.1, 0.15) is 31.9 Å². The van der Waals surface area contributed by atoms with Crippen LogP contribution in [0.25, 0.3) is 0 Å². The van der Waals surface area contributed by atoms with Crippen LogP contribution < -0.4 is 0 Å². The molecule has 0 amide bonds. The molecule has 0 aliphatic carbocycles. The molecular weight excluding hydrogens is 409 g/mol. The van der Waals surface area contributed by atoms with E-state index in [1.165, 1.54) is 6.08 Å². The minimum Gasteiger partial charge on any atom is -0.304 e. The maximum atomic E-state index is 13.6. The SMILES string of the molecule is C/C=C(/N(Cc1ccccc1)S(=O)(=O)c1ccc(C)cc1)P(=O)(OCC)OCC. The Labute approximate surface area is 173 Å². The zero-order chi connectivity index (χ0) is 21.5. The Morgan fingerprint density at radius 1 is 1.00 bits per heavy atom. The van der Waals surface area contributed by atoms with Crippen molar-refractivity contribution in [3.63, 3.8) is 0 Å². The molecule has 0 aromatic heterocycles. The highest BCUT2D eigenvalue weighted by Crippen LogP contribution is 2.58. The summed E-state index contributed by atoms with van der Waals surface area (Å²) in [6, 6.07) is 15.7. The van der Waals surface area contributed by atoms with Crippen LogP contribution in [-0.4, -0.2) is 25.9 Å². The molecule has 0 aliphatic heterocycles. The summed E-state index contributed by atoms with van der Waals surface area (Å²) in [6.07, 6.45) is 1.49. The number of aryl methyl sites for hydroxylation is 1. The first-order valence-electron chi connectivity index (χ1n) is 9.47. The molecule has 0 bridgehead atoms. The third-order valence-electron chi connectivity index (χ3n) is 4.17. The van der Waals surface area contributed by atoms with Crippen molar-refractivity contribution in [2.75, 3.05) is 13.2 Å². The summed E-state index contributed by atoms with van der Waals surface area (Å²) >= 11 is 0. The number of hydrogen-bond acceptors (Lipinski definition) is 5. The average molecular weight is 437 g/mol. The predicted octanol–water partition coefficient (Wildman–Crippen LogP) is 5.31. The standard InChI is InChI=1S/C21H28NO5PS/c1-5-21(28(23,26-6-2)27-7-3)22(17-19-11-9-8-10-12-19)29(24,25)20-15-13-18(4)14-16-20/h5,8-16H,6-7,17H2,1-4H3/b21-5-. The van der Waals surface area contributed by atoms with Crippen molar-refractivity contribution in [1.29, 1.82) is 0 Å². The quantitative estimate of drug-likeness (QED) is 0.471. The highest BCUT2D eigenvalue weighted by Gasteiger charge is 2.39. The fraction of sp³-hybridized carbons (Fsp3) is 0.333. The summed E-state index contributed by atoms with van der Waals surface area (Å²) in [4.78, 5) is 0.109. The fourth-order valence-corrected chi connectivity index (χ4v) is 6.53. The Morgan fingerprint density at radius 3 is 2.03 bits per heavy atom. The minimum absolute atomic E-state index is 0.000855.